The molecule has 2 nitrogen and oxygen atoms in total. The van der Waals surface area contributed by atoms with Gasteiger partial charge >= 0.3 is 0 Å². The Labute approximate surface area is 115 Å². The molecule has 0 aliphatic carbocycles. The van der Waals surface area contributed by atoms with Gasteiger partial charge in [0.25, 0.3) is 0 Å². The van der Waals surface area contributed by atoms with E-state index in [1.54, 1.807) is 0 Å². The first kappa shape index (κ1) is 13.6. The molecule has 0 heterocycles. The molecular formula is C17H21NO. The summed E-state index contributed by atoms with van der Waals surface area (Å²) in [5, 5.41) is 3.13. The molecule has 0 atom stereocenters. The van der Waals surface area contributed by atoms with Crippen molar-refractivity contribution in [2.75, 3.05) is 7.05 Å². The number of nitrogens with one attached hydrogen (secondary N) is 1. The van der Waals surface area contributed by atoms with Crippen LogP contribution in [0.2, 0.25) is 0 Å². The van der Waals surface area contributed by atoms with E-state index in [4.69, 9.17) is 4.74 Å². The molecule has 2 aromatic rings. The van der Waals surface area contributed by atoms with Crippen molar-refractivity contribution in [1.82, 2.24) is 5.32 Å². The minimum absolute atomic E-state index is 0.515. The molecule has 2 aromatic carbocycles. The van der Waals surface area contributed by atoms with Gasteiger partial charge in [-0.15, -0.1) is 0 Å². The van der Waals surface area contributed by atoms with Crippen molar-refractivity contribution in [2.24, 2.45) is 0 Å². The van der Waals surface area contributed by atoms with Gasteiger partial charge in [-0.2, -0.15) is 0 Å². The Kier molecular flexibility index (Phi) is 4.58. The quantitative estimate of drug-likeness (QED) is 0.859. The fourth-order valence-corrected chi connectivity index (χ4v) is 1.95. The summed E-state index contributed by atoms with van der Waals surface area (Å²) in [6, 6.07) is 16.5. The lowest BCUT2D eigenvalue weighted by Crippen LogP contribution is -2.04. The normalized spacial score (nSPS) is 10.7. The minimum Gasteiger partial charge on any atom is -0.457 e. The number of hydrogen-bond acceptors (Lipinski definition) is 2. The molecule has 0 saturated carbocycles. The highest BCUT2D eigenvalue weighted by Crippen LogP contribution is 2.25. The van der Waals surface area contributed by atoms with E-state index < -0.39 is 0 Å². The highest BCUT2D eigenvalue weighted by molar-refractivity contribution is 5.36. The summed E-state index contributed by atoms with van der Waals surface area (Å²) in [5.74, 6) is 2.29. The van der Waals surface area contributed by atoms with E-state index in [-0.39, 0.29) is 0 Å². The lowest BCUT2D eigenvalue weighted by molar-refractivity contribution is 0.481. The van der Waals surface area contributed by atoms with Gasteiger partial charge in [0.2, 0.25) is 0 Å². The monoisotopic (exact) mass is 255 g/mol. The molecular weight excluding hydrogens is 234 g/mol. The fourth-order valence-electron chi connectivity index (χ4n) is 1.95. The van der Waals surface area contributed by atoms with Gasteiger partial charge in [-0.05, 0) is 48.4 Å². The predicted molar refractivity (Wildman–Crippen MR) is 79.8 cm³/mol. The standard InChI is InChI=1S/C17H21NO/c1-13(2)15-5-4-6-17(11-15)19-16-9-7-14(8-10-16)12-18-3/h4-11,13,18H,12H2,1-3H3. The van der Waals surface area contributed by atoms with Crippen molar-refractivity contribution in [1.29, 1.82) is 0 Å². The van der Waals surface area contributed by atoms with Crippen LogP contribution in [0.3, 0.4) is 0 Å². The Morgan fingerprint density at radius 3 is 2.37 bits per heavy atom. The Morgan fingerprint density at radius 1 is 1.00 bits per heavy atom. The second-order valence-corrected chi connectivity index (χ2v) is 5.00. The molecule has 0 aromatic heterocycles. The zero-order valence-corrected chi connectivity index (χ0v) is 11.8. The van der Waals surface area contributed by atoms with Crippen molar-refractivity contribution >= 4 is 0 Å². The highest BCUT2D eigenvalue weighted by Gasteiger charge is 2.02. The van der Waals surface area contributed by atoms with Gasteiger partial charge in [-0.3, -0.25) is 0 Å². The summed E-state index contributed by atoms with van der Waals surface area (Å²) in [4.78, 5) is 0. The summed E-state index contributed by atoms with van der Waals surface area (Å²) >= 11 is 0. The first-order valence-electron chi connectivity index (χ1n) is 6.70. The van der Waals surface area contributed by atoms with E-state index in [1.807, 2.05) is 31.3 Å². The van der Waals surface area contributed by atoms with E-state index in [2.05, 4.69) is 43.4 Å². The Balaban J connectivity index is 2.10. The topological polar surface area (TPSA) is 21.3 Å². The molecule has 2 heteroatoms. The summed E-state index contributed by atoms with van der Waals surface area (Å²) in [7, 11) is 1.95. The maximum absolute atomic E-state index is 5.88. The van der Waals surface area contributed by atoms with E-state index >= 15 is 0 Å². The second-order valence-electron chi connectivity index (χ2n) is 5.00. The van der Waals surface area contributed by atoms with Crippen LogP contribution in [-0.2, 0) is 6.54 Å². The zero-order chi connectivity index (χ0) is 13.7. The molecule has 0 bridgehead atoms. The van der Waals surface area contributed by atoms with Crippen molar-refractivity contribution in [3.05, 3.63) is 59.7 Å². The SMILES string of the molecule is CNCc1ccc(Oc2cccc(C(C)C)c2)cc1. The van der Waals surface area contributed by atoms with Gasteiger partial charge in [-0.1, -0.05) is 38.1 Å². The molecule has 19 heavy (non-hydrogen) atoms. The van der Waals surface area contributed by atoms with Gasteiger partial charge in [-0.25, -0.2) is 0 Å². The van der Waals surface area contributed by atoms with E-state index in [1.165, 1.54) is 11.1 Å². The predicted octanol–water partition coefficient (Wildman–Crippen LogP) is 4.32. The Hall–Kier alpha value is -1.80. The summed E-state index contributed by atoms with van der Waals surface area (Å²) in [5.41, 5.74) is 2.55. The lowest BCUT2D eigenvalue weighted by atomic mass is 10.0. The molecule has 2 rings (SSSR count). The van der Waals surface area contributed by atoms with E-state index in [0.29, 0.717) is 5.92 Å². The number of hydrogen-bond donors (Lipinski definition) is 1. The third-order valence-corrected chi connectivity index (χ3v) is 3.06. The molecule has 0 unspecified atom stereocenters. The number of rotatable bonds is 5. The van der Waals surface area contributed by atoms with Gasteiger partial charge in [0.1, 0.15) is 11.5 Å². The average Bonchev–Trinajstić information content (AvgIpc) is 2.42. The van der Waals surface area contributed by atoms with Crippen LogP contribution in [0.25, 0.3) is 0 Å². The molecule has 0 amide bonds. The van der Waals surface area contributed by atoms with Gasteiger partial charge in [0.15, 0.2) is 0 Å². The maximum Gasteiger partial charge on any atom is 0.127 e. The first-order chi connectivity index (χ1) is 9.19. The maximum atomic E-state index is 5.88. The smallest absolute Gasteiger partial charge is 0.127 e. The molecule has 0 spiro atoms. The third-order valence-electron chi connectivity index (χ3n) is 3.06. The zero-order valence-electron chi connectivity index (χ0n) is 11.8. The number of benzene rings is 2. The first-order valence-corrected chi connectivity index (χ1v) is 6.70. The second kappa shape index (κ2) is 6.39. The molecule has 0 aliphatic heterocycles. The summed E-state index contributed by atoms with van der Waals surface area (Å²) in [6.45, 7) is 5.25. The van der Waals surface area contributed by atoms with Crippen LogP contribution >= 0.6 is 0 Å². The fraction of sp³-hybridized carbons (Fsp3) is 0.294. The van der Waals surface area contributed by atoms with E-state index in [9.17, 15) is 0 Å². The van der Waals surface area contributed by atoms with Crippen molar-refractivity contribution in [3.8, 4) is 11.5 Å². The molecule has 0 saturated heterocycles. The van der Waals surface area contributed by atoms with Crippen molar-refractivity contribution < 1.29 is 4.74 Å². The van der Waals surface area contributed by atoms with Crippen LogP contribution in [0.1, 0.15) is 30.9 Å². The van der Waals surface area contributed by atoms with E-state index in [0.717, 1.165) is 18.0 Å². The largest absolute Gasteiger partial charge is 0.457 e. The van der Waals surface area contributed by atoms with Crippen LogP contribution in [0.15, 0.2) is 48.5 Å². The Bertz CT molecular complexity index is 517. The van der Waals surface area contributed by atoms with Gasteiger partial charge < -0.3 is 10.1 Å². The van der Waals surface area contributed by atoms with Crippen molar-refractivity contribution in [2.45, 2.75) is 26.3 Å². The summed E-state index contributed by atoms with van der Waals surface area (Å²) < 4.78 is 5.88. The summed E-state index contributed by atoms with van der Waals surface area (Å²) in [6.07, 6.45) is 0. The van der Waals surface area contributed by atoms with Gasteiger partial charge in [0.05, 0.1) is 0 Å². The average molecular weight is 255 g/mol. The van der Waals surface area contributed by atoms with Crippen LogP contribution < -0.4 is 10.1 Å². The lowest BCUT2D eigenvalue weighted by Gasteiger charge is -2.10. The van der Waals surface area contributed by atoms with Crippen LogP contribution in [0, 0.1) is 0 Å². The molecule has 0 aliphatic rings. The molecule has 0 radical (unpaired) electrons. The minimum atomic E-state index is 0.515. The van der Waals surface area contributed by atoms with Crippen LogP contribution in [0.5, 0.6) is 11.5 Å². The molecule has 1 N–H and O–H groups in total. The van der Waals surface area contributed by atoms with Gasteiger partial charge in [0, 0.05) is 6.54 Å². The third kappa shape index (κ3) is 3.83. The Morgan fingerprint density at radius 2 is 1.74 bits per heavy atom. The highest BCUT2D eigenvalue weighted by atomic mass is 16.5. The van der Waals surface area contributed by atoms with Crippen LogP contribution in [0.4, 0.5) is 0 Å². The molecule has 0 fully saturated rings. The van der Waals surface area contributed by atoms with Crippen molar-refractivity contribution in [3.63, 3.8) is 0 Å². The van der Waals surface area contributed by atoms with Crippen LogP contribution in [-0.4, -0.2) is 7.05 Å². The molecule has 100 valence electrons. The number of ether oxygens (including phenoxy) is 1.